The number of hydrogen-bond donors (Lipinski definition) is 2. The van der Waals surface area contributed by atoms with Crippen molar-refractivity contribution in [2.45, 2.75) is 118 Å². The van der Waals surface area contributed by atoms with Crippen molar-refractivity contribution in [3.8, 4) is 0 Å². The van der Waals surface area contributed by atoms with Gasteiger partial charge in [-0.3, -0.25) is 0 Å². The minimum Gasteiger partial charge on any atom is -0.393 e. The molecule has 30 heavy (non-hydrogen) atoms. The van der Waals surface area contributed by atoms with E-state index in [9.17, 15) is 10.2 Å². The molecule has 0 aromatic rings. The third kappa shape index (κ3) is 3.70. The first-order chi connectivity index (χ1) is 14.1. The lowest BCUT2D eigenvalue weighted by molar-refractivity contribution is -0.132. The molecule has 2 N–H and O–H groups in total. The predicted octanol–water partition coefficient (Wildman–Crippen LogP) is 6.69. The summed E-state index contributed by atoms with van der Waals surface area (Å²) in [5.74, 6) is 5.75. The van der Waals surface area contributed by atoms with E-state index in [0.717, 1.165) is 42.9 Å². The van der Waals surface area contributed by atoms with Crippen molar-refractivity contribution in [1.82, 2.24) is 0 Å². The lowest BCUT2D eigenvalue weighted by Gasteiger charge is -2.61. The third-order valence-electron chi connectivity index (χ3n) is 11.7. The zero-order chi connectivity index (χ0) is 21.8. The van der Waals surface area contributed by atoms with Crippen LogP contribution in [0, 0.1) is 58.2 Å². The van der Waals surface area contributed by atoms with Crippen LogP contribution in [0.5, 0.6) is 0 Å². The van der Waals surface area contributed by atoms with Crippen LogP contribution in [0.2, 0.25) is 0 Å². The lowest BCUT2D eigenvalue weighted by Crippen LogP contribution is -2.54. The Bertz CT molecular complexity index is 601. The van der Waals surface area contributed by atoms with E-state index in [2.05, 4.69) is 41.5 Å². The smallest absolute Gasteiger partial charge is 0.0571 e. The van der Waals surface area contributed by atoms with Crippen molar-refractivity contribution < 1.29 is 10.2 Å². The predicted molar refractivity (Wildman–Crippen MR) is 125 cm³/mol. The SMILES string of the molecule is CC(C)[C@H](C)C[C@H](O)[C@@H](C)[C@H]1CC[C@H]2[C@@H]3CC[C@H]4C[C@@H](O)CC[C@]4(C)[C@H]3CC[C@]12C. The lowest BCUT2D eigenvalue weighted by atomic mass is 9.44. The topological polar surface area (TPSA) is 40.5 Å². The first-order valence-electron chi connectivity index (χ1n) is 13.4. The largest absolute Gasteiger partial charge is 0.393 e. The number of hydrogen-bond acceptors (Lipinski definition) is 2. The molecule has 174 valence electrons. The summed E-state index contributed by atoms with van der Waals surface area (Å²) in [5, 5.41) is 21.4. The van der Waals surface area contributed by atoms with Crippen molar-refractivity contribution in [1.29, 1.82) is 0 Å². The quantitative estimate of drug-likeness (QED) is 0.522. The van der Waals surface area contributed by atoms with Crippen LogP contribution < -0.4 is 0 Å². The molecule has 0 aromatic carbocycles. The van der Waals surface area contributed by atoms with Crippen LogP contribution in [0.15, 0.2) is 0 Å². The maximum Gasteiger partial charge on any atom is 0.0571 e. The second-order valence-electron chi connectivity index (χ2n) is 13.2. The monoisotopic (exact) mass is 418 g/mol. The third-order valence-corrected chi connectivity index (χ3v) is 11.7. The van der Waals surface area contributed by atoms with Gasteiger partial charge in [-0.25, -0.2) is 0 Å². The molecule has 0 bridgehead atoms. The van der Waals surface area contributed by atoms with Gasteiger partial charge < -0.3 is 10.2 Å². The number of rotatable bonds is 5. The fourth-order valence-electron chi connectivity index (χ4n) is 9.28. The molecule has 4 aliphatic carbocycles. The van der Waals surface area contributed by atoms with Crippen molar-refractivity contribution >= 4 is 0 Å². The van der Waals surface area contributed by atoms with Gasteiger partial charge in [-0.1, -0.05) is 41.5 Å². The molecule has 4 fully saturated rings. The van der Waals surface area contributed by atoms with Gasteiger partial charge in [0.05, 0.1) is 12.2 Å². The van der Waals surface area contributed by atoms with Gasteiger partial charge in [-0.15, -0.1) is 0 Å². The van der Waals surface area contributed by atoms with Gasteiger partial charge in [-0.2, -0.15) is 0 Å². The van der Waals surface area contributed by atoms with Crippen LogP contribution in [0.25, 0.3) is 0 Å². The average Bonchev–Trinajstić information content (AvgIpc) is 3.04. The normalized spacial score (nSPS) is 49.1. The maximum atomic E-state index is 11.1. The van der Waals surface area contributed by atoms with Crippen LogP contribution in [0.4, 0.5) is 0 Å². The Morgan fingerprint density at radius 1 is 0.833 bits per heavy atom. The van der Waals surface area contributed by atoms with E-state index in [4.69, 9.17) is 0 Å². The highest BCUT2D eigenvalue weighted by Crippen LogP contribution is 2.68. The van der Waals surface area contributed by atoms with E-state index in [0.29, 0.717) is 34.5 Å². The molecule has 0 unspecified atom stereocenters. The Labute approximate surface area is 186 Å². The zero-order valence-electron chi connectivity index (χ0n) is 20.7. The van der Waals surface area contributed by atoms with Crippen molar-refractivity contribution in [3.05, 3.63) is 0 Å². The van der Waals surface area contributed by atoms with Crippen molar-refractivity contribution in [2.24, 2.45) is 58.2 Å². The Balaban J connectivity index is 1.49. The molecule has 0 amide bonds. The van der Waals surface area contributed by atoms with E-state index in [1.807, 2.05) is 0 Å². The molecule has 0 aromatic heterocycles. The highest BCUT2D eigenvalue weighted by Gasteiger charge is 2.60. The fourth-order valence-corrected chi connectivity index (χ4v) is 9.28. The minimum absolute atomic E-state index is 0.0417. The van der Waals surface area contributed by atoms with Crippen molar-refractivity contribution in [3.63, 3.8) is 0 Å². The summed E-state index contributed by atoms with van der Waals surface area (Å²) in [6.45, 7) is 14.5. The Hall–Kier alpha value is -0.0800. The van der Waals surface area contributed by atoms with Gasteiger partial charge in [0.15, 0.2) is 0 Å². The Morgan fingerprint density at radius 3 is 2.20 bits per heavy atom. The summed E-state index contributed by atoms with van der Waals surface area (Å²) in [7, 11) is 0. The molecule has 0 heterocycles. The van der Waals surface area contributed by atoms with Crippen molar-refractivity contribution in [2.75, 3.05) is 0 Å². The van der Waals surface area contributed by atoms with Crippen LogP contribution in [0.1, 0.15) is 106 Å². The van der Waals surface area contributed by atoms with E-state index in [-0.39, 0.29) is 12.2 Å². The van der Waals surface area contributed by atoms with Gasteiger partial charge in [-0.05, 0) is 122 Å². The summed E-state index contributed by atoms with van der Waals surface area (Å²) in [4.78, 5) is 0. The molecule has 2 heteroatoms. The van der Waals surface area contributed by atoms with Gasteiger partial charge >= 0.3 is 0 Å². The fraction of sp³-hybridized carbons (Fsp3) is 1.00. The zero-order valence-corrected chi connectivity index (χ0v) is 20.7. The Kier molecular flexibility index (Phi) is 6.44. The molecule has 4 rings (SSSR count). The van der Waals surface area contributed by atoms with Crippen LogP contribution >= 0.6 is 0 Å². The molecular formula is C28H50O2. The second-order valence-corrected chi connectivity index (χ2v) is 13.2. The molecule has 11 atom stereocenters. The maximum absolute atomic E-state index is 11.1. The van der Waals surface area contributed by atoms with Crippen LogP contribution in [0.3, 0.4) is 0 Å². The molecule has 0 spiro atoms. The summed E-state index contributed by atoms with van der Waals surface area (Å²) in [6, 6.07) is 0. The molecule has 0 saturated heterocycles. The van der Waals surface area contributed by atoms with Gasteiger partial charge in [0.2, 0.25) is 0 Å². The summed E-state index contributed by atoms with van der Waals surface area (Å²) >= 11 is 0. The summed E-state index contributed by atoms with van der Waals surface area (Å²) in [6.07, 6.45) is 12.3. The molecule has 2 nitrogen and oxygen atoms in total. The standard InChI is InChI=1S/C28H50O2/c1-17(2)18(3)15-26(30)19(4)23-9-10-24-22-8-7-20-16-21(29)11-13-27(20,5)25(22)12-14-28(23,24)6/h17-26,29-30H,7-16H2,1-6H3/t18-,19+,20+,21+,22+,23-,24+,25+,26+,27+,28-/m1/s1. The molecule has 4 aliphatic rings. The highest BCUT2D eigenvalue weighted by molar-refractivity contribution is 5.10. The van der Waals surface area contributed by atoms with E-state index in [1.54, 1.807) is 0 Å². The number of fused-ring (bicyclic) bond motifs is 5. The average molecular weight is 419 g/mol. The summed E-state index contributed by atoms with van der Waals surface area (Å²) in [5.41, 5.74) is 0.902. The van der Waals surface area contributed by atoms with E-state index >= 15 is 0 Å². The second kappa shape index (κ2) is 8.36. The summed E-state index contributed by atoms with van der Waals surface area (Å²) < 4.78 is 0. The Morgan fingerprint density at radius 2 is 1.50 bits per heavy atom. The molecule has 0 aliphatic heterocycles. The molecular weight excluding hydrogens is 368 g/mol. The van der Waals surface area contributed by atoms with E-state index < -0.39 is 0 Å². The van der Waals surface area contributed by atoms with Gasteiger partial charge in [0.1, 0.15) is 0 Å². The van der Waals surface area contributed by atoms with Crippen LogP contribution in [-0.2, 0) is 0 Å². The molecule has 0 radical (unpaired) electrons. The van der Waals surface area contributed by atoms with Gasteiger partial charge in [0.25, 0.3) is 0 Å². The first-order valence-corrected chi connectivity index (χ1v) is 13.4. The molecule has 4 saturated carbocycles. The number of aliphatic hydroxyl groups excluding tert-OH is 2. The van der Waals surface area contributed by atoms with E-state index in [1.165, 1.54) is 44.9 Å². The minimum atomic E-state index is -0.145. The van der Waals surface area contributed by atoms with Gasteiger partial charge in [0, 0.05) is 0 Å². The van der Waals surface area contributed by atoms with Crippen LogP contribution in [-0.4, -0.2) is 22.4 Å². The first kappa shape index (κ1) is 23.1. The number of aliphatic hydroxyl groups is 2. The highest BCUT2D eigenvalue weighted by atomic mass is 16.3.